The molecule has 2 aliphatic rings. The number of hydrogen-bond acceptors (Lipinski definition) is 10. The van der Waals surface area contributed by atoms with Gasteiger partial charge in [-0.05, 0) is 84.4 Å². The summed E-state index contributed by atoms with van der Waals surface area (Å²) < 4.78 is 0.997. The Kier molecular flexibility index (Phi) is 12.9. The normalized spacial score (nSPS) is 15.6. The van der Waals surface area contributed by atoms with Crippen LogP contribution in [0.4, 0.5) is 21.9 Å². The number of urea groups is 1. The van der Waals surface area contributed by atoms with E-state index in [4.69, 9.17) is 11.6 Å². The van der Waals surface area contributed by atoms with Gasteiger partial charge < -0.3 is 5.11 Å². The lowest BCUT2D eigenvalue weighted by Crippen LogP contribution is -2.54. The second-order valence-corrected chi connectivity index (χ2v) is 13.6. The van der Waals surface area contributed by atoms with Crippen molar-refractivity contribution in [1.29, 1.82) is 0 Å². The first-order valence-corrected chi connectivity index (χ1v) is 18.5. The minimum Gasteiger partial charge on any atom is -0.494 e. The Morgan fingerprint density at radius 2 is 1.30 bits per heavy atom. The second kappa shape index (κ2) is 18.5. The Morgan fingerprint density at radius 3 is 1.85 bits per heavy atom. The summed E-state index contributed by atoms with van der Waals surface area (Å²) in [5, 5.41) is 34.4. The summed E-state index contributed by atoms with van der Waals surface area (Å²) in [5.74, 6) is -2.10. The van der Waals surface area contributed by atoms with E-state index < -0.39 is 44.8 Å². The molecule has 7 rings (SSSR count). The van der Waals surface area contributed by atoms with Gasteiger partial charge in [0, 0.05) is 29.3 Å². The summed E-state index contributed by atoms with van der Waals surface area (Å²) in [6.45, 7) is 0. The molecule has 1 aromatic heterocycles. The van der Waals surface area contributed by atoms with E-state index >= 15 is 0 Å². The highest BCUT2D eigenvalue weighted by atomic mass is 35.5. The SMILES string of the molecule is O=C1NC(=O)N(c2ccccc2)C(=O)/C1=C/C=C/C1=C(Cl)C(=Cc2c(O)n(-c3ccccc3)c(=O)[nH]c2=O)CCC1.O=[N+]([O-])c1ccc(Cc2ccc([N+](=O)[O-])cc2)cc1. The summed E-state index contributed by atoms with van der Waals surface area (Å²) in [5.41, 5.74) is 1.98. The van der Waals surface area contributed by atoms with Gasteiger partial charge >= 0.3 is 11.7 Å². The van der Waals surface area contributed by atoms with Gasteiger partial charge in [-0.3, -0.25) is 44.9 Å². The van der Waals surface area contributed by atoms with Crippen LogP contribution in [0.15, 0.2) is 159 Å². The molecule has 4 aromatic carbocycles. The summed E-state index contributed by atoms with van der Waals surface area (Å²) in [4.78, 5) is 86.0. The van der Waals surface area contributed by atoms with Crippen LogP contribution in [0.5, 0.6) is 5.88 Å². The number of nitro groups is 2. The van der Waals surface area contributed by atoms with Crippen molar-refractivity contribution in [2.45, 2.75) is 25.7 Å². The average molecular weight is 829 g/mol. The van der Waals surface area contributed by atoms with Gasteiger partial charge in [0.15, 0.2) is 0 Å². The Morgan fingerprint density at radius 1 is 0.750 bits per heavy atom. The fourth-order valence-electron chi connectivity index (χ4n) is 6.30. The first kappa shape index (κ1) is 41.6. The van der Waals surface area contributed by atoms with Crippen molar-refractivity contribution in [3.8, 4) is 11.6 Å². The number of allylic oxidation sites excluding steroid dienone is 6. The molecule has 3 N–H and O–H groups in total. The molecule has 0 unspecified atom stereocenters. The van der Waals surface area contributed by atoms with E-state index in [0.717, 1.165) is 20.6 Å². The maximum absolute atomic E-state index is 13.0. The third kappa shape index (κ3) is 9.58. The molecule has 0 radical (unpaired) electrons. The zero-order valence-corrected chi connectivity index (χ0v) is 32.1. The second-order valence-electron chi connectivity index (χ2n) is 13.2. The lowest BCUT2D eigenvalue weighted by atomic mass is 9.93. The fourth-order valence-corrected chi connectivity index (χ4v) is 6.61. The standard InChI is InChI=1S/C30H23ClN4O6.C13H10N2O4/c31-24-18(10-8-16-22-25(36)32-29(40)34(27(22)38)20-12-3-1-4-13-20)9-7-11-19(24)17-23-26(37)33-30(41)35(28(23)39)21-14-5-2-6-15-21;16-14(17)12-5-1-10(2-6-12)9-11-3-7-13(8-4-11)15(18)19/h1-6,8,10,12-17,39H,7,9,11H2,(H,32,36,40)(H,33,37,41);1-8H,9H2/b10-8+,19-17?,22-16+;. The number of carbonyl (C=O) groups is 3. The van der Waals surface area contributed by atoms with Crippen LogP contribution < -0.4 is 21.5 Å². The van der Waals surface area contributed by atoms with Crippen molar-refractivity contribution in [3.05, 3.63) is 207 Å². The molecule has 0 atom stereocenters. The number of non-ortho nitro benzene ring substituents is 2. The molecule has 2 heterocycles. The maximum Gasteiger partial charge on any atom is 0.335 e. The Balaban J connectivity index is 0.000000265. The number of H-pyrrole nitrogens is 1. The molecule has 16 nitrogen and oxygen atoms in total. The van der Waals surface area contributed by atoms with Gasteiger partial charge in [-0.25, -0.2) is 19.1 Å². The van der Waals surface area contributed by atoms with Crippen LogP contribution in [0.25, 0.3) is 11.8 Å². The number of hydrogen-bond donors (Lipinski definition) is 3. The first-order valence-electron chi connectivity index (χ1n) is 18.2. The van der Waals surface area contributed by atoms with Crippen LogP contribution >= 0.6 is 11.6 Å². The topological polar surface area (TPSA) is 228 Å². The lowest BCUT2D eigenvalue weighted by Gasteiger charge is -2.26. The summed E-state index contributed by atoms with van der Waals surface area (Å²) in [6.07, 6.45) is 8.23. The van der Waals surface area contributed by atoms with Gasteiger partial charge in [0.1, 0.15) is 11.1 Å². The molecule has 1 saturated heterocycles. The van der Waals surface area contributed by atoms with Gasteiger partial charge in [0.05, 0.1) is 21.2 Å². The number of nitrogens with zero attached hydrogens (tertiary/aromatic N) is 4. The van der Waals surface area contributed by atoms with Crippen molar-refractivity contribution in [2.24, 2.45) is 0 Å². The van der Waals surface area contributed by atoms with Crippen LogP contribution in [0.3, 0.4) is 0 Å². The molecule has 1 aliphatic carbocycles. The molecular formula is C43H33ClN6O10. The third-order valence-electron chi connectivity index (χ3n) is 9.29. The Hall–Kier alpha value is -7.98. The van der Waals surface area contributed by atoms with Gasteiger partial charge in [0.2, 0.25) is 5.88 Å². The maximum atomic E-state index is 13.0. The smallest absolute Gasteiger partial charge is 0.335 e. The number of aromatic amines is 1. The highest BCUT2D eigenvalue weighted by Crippen LogP contribution is 2.35. The number of para-hydroxylation sites is 2. The summed E-state index contributed by atoms with van der Waals surface area (Å²) in [7, 11) is 0. The van der Waals surface area contributed by atoms with Crippen molar-refractivity contribution in [2.75, 3.05) is 4.90 Å². The highest BCUT2D eigenvalue weighted by Gasteiger charge is 2.36. The van der Waals surface area contributed by atoms with Crippen molar-refractivity contribution in [1.82, 2.24) is 14.9 Å². The monoisotopic (exact) mass is 828 g/mol. The van der Waals surface area contributed by atoms with E-state index in [1.165, 1.54) is 42.5 Å². The largest absolute Gasteiger partial charge is 0.494 e. The van der Waals surface area contributed by atoms with E-state index in [2.05, 4.69) is 10.3 Å². The van der Waals surface area contributed by atoms with Gasteiger partial charge in [0.25, 0.3) is 28.7 Å². The minimum absolute atomic E-state index is 0.0486. The van der Waals surface area contributed by atoms with Gasteiger partial charge in [-0.1, -0.05) is 84.4 Å². The van der Waals surface area contributed by atoms with E-state index in [1.54, 1.807) is 91.0 Å². The van der Waals surface area contributed by atoms with Crippen LogP contribution in [0, 0.1) is 20.2 Å². The number of aromatic hydroxyl groups is 1. The number of imide groups is 2. The predicted octanol–water partition coefficient (Wildman–Crippen LogP) is 7.15. The first-order chi connectivity index (χ1) is 28.8. The molecule has 5 aromatic rings. The molecule has 60 heavy (non-hydrogen) atoms. The van der Waals surface area contributed by atoms with Crippen molar-refractivity contribution >= 4 is 52.6 Å². The third-order valence-corrected chi connectivity index (χ3v) is 9.77. The summed E-state index contributed by atoms with van der Waals surface area (Å²) >= 11 is 6.67. The predicted molar refractivity (Wildman–Crippen MR) is 223 cm³/mol. The van der Waals surface area contributed by atoms with Crippen LogP contribution in [-0.2, 0) is 16.0 Å². The average Bonchev–Trinajstić information content (AvgIpc) is 3.23. The van der Waals surface area contributed by atoms with E-state index in [9.17, 15) is 49.3 Å². The number of benzene rings is 4. The van der Waals surface area contributed by atoms with Gasteiger partial charge in [-0.2, -0.15) is 0 Å². The number of carbonyl (C=O) groups excluding carboxylic acids is 3. The zero-order valence-electron chi connectivity index (χ0n) is 31.3. The molecule has 0 bridgehead atoms. The molecule has 1 fully saturated rings. The van der Waals surface area contributed by atoms with Crippen LogP contribution in [0.1, 0.15) is 36.0 Å². The van der Waals surface area contributed by atoms with Gasteiger partial charge in [-0.15, -0.1) is 0 Å². The molecule has 0 spiro atoms. The molecule has 302 valence electrons. The number of nitro benzene ring substituents is 2. The molecule has 17 heteroatoms. The van der Waals surface area contributed by atoms with E-state index in [-0.39, 0.29) is 22.5 Å². The van der Waals surface area contributed by atoms with Crippen molar-refractivity contribution in [3.63, 3.8) is 0 Å². The zero-order chi connectivity index (χ0) is 42.9. The Bertz CT molecular complexity index is 2680. The number of amides is 4. The Labute approximate surface area is 345 Å². The molecule has 4 amide bonds. The summed E-state index contributed by atoms with van der Waals surface area (Å²) in [6, 6.07) is 28.3. The van der Waals surface area contributed by atoms with E-state index in [0.29, 0.717) is 53.2 Å². The van der Waals surface area contributed by atoms with Crippen molar-refractivity contribution < 1.29 is 29.3 Å². The number of aromatic nitrogens is 2. The molecule has 1 aliphatic heterocycles. The quantitative estimate of drug-likeness (QED) is 0.0588. The highest BCUT2D eigenvalue weighted by molar-refractivity contribution is 6.37. The lowest BCUT2D eigenvalue weighted by molar-refractivity contribution is -0.385. The van der Waals surface area contributed by atoms with Crippen LogP contribution in [-0.4, -0.2) is 42.3 Å². The number of barbiturate groups is 1. The van der Waals surface area contributed by atoms with E-state index in [1.807, 2.05) is 0 Å². The fraction of sp³-hybridized carbons (Fsp3) is 0.0930. The number of halogens is 1. The number of anilines is 1. The molecular weight excluding hydrogens is 796 g/mol. The molecule has 0 saturated carbocycles. The number of nitrogens with one attached hydrogen (secondary N) is 2. The number of rotatable bonds is 9. The van der Waals surface area contributed by atoms with Crippen LogP contribution in [0.2, 0.25) is 0 Å². The minimum atomic E-state index is -0.836.